The summed E-state index contributed by atoms with van der Waals surface area (Å²) in [5.74, 6) is 0. The van der Waals surface area contributed by atoms with Gasteiger partial charge in [0.15, 0.2) is 0 Å². The minimum atomic E-state index is 1.23. The van der Waals surface area contributed by atoms with Crippen LogP contribution in [0.2, 0.25) is 0 Å². The number of rotatable bonds is 3. The Morgan fingerprint density at radius 3 is 1.56 bits per heavy atom. The van der Waals surface area contributed by atoms with Gasteiger partial charge in [0.1, 0.15) is 0 Å². The normalized spacial score (nSPS) is 12.1. The third-order valence-electron chi connectivity index (χ3n) is 11.4. The van der Waals surface area contributed by atoms with Crippen LogP contribution in [0.25, 0.3) is 117 Å². The van der Waals surface area contributed by atoms with Crippen molar-refractivity contribution in [2.75, 3.05) is 0 Å². The molecule has 250 valence electrons. The predicted molar refractivity (Wildman–Crippen MR) is 239 cm³/mol. The van der Waals surface area contributed by atoms with Gasteiger partial charge in [-0.05, 0) is 107 Å². The molecule has 10 aromatic carbocycles. The lowest BCUT2D eigenvalue weighted by molar-refractivity contribution is 1.63. The van der Waals surface area contributed by atoms with E-state index in [4.69, 9.17) is 0 Å². The molecule has 0 bridgehead atoms. The highest BCUT2D eigenvalue weighted by atomic mass is 32.1. The molecule has 54 heavy (non-hydrogen) atoms. The van der Waals surface area contributed by atoms with Crippen molar-refractivity contribution in [3.05, 3.63) is 182 Å². The number of benzene rings is 10. The summed E-state index contributed by atoms with van der Waals surface area (Å²) in [6.07, 6.45) is 0. The largest absolute Gasteiger partial charge is 0.135 e. The number of hydrogen-bond donors (Lipinski definition) is 0. The summed E-state index contributed by atoms with van der Waals surface area (Å²) in [4.78, 5) is 0. The summed E-state index contributed by atoms with van der Waals surface area (Å²) < 4.78 is 5.44. The molecule has 2 heteroatoms. The van der Waals surface area contributed by atoms with Gasteiger partial charge in [-0.1, -0.05) is 152 Å². The zero-order chi connectivity index (χ0) is 35.3. The average Bonchev–Trinajstić information content (AvgIpc) is 3.81. The molecule has 0 N–H and O–H groups in total. The van der Waals surface area contributed by atoms with E-state index in [0.29, 0.717) is 0 Å². The Morgan fingerprint density at radius 1 is 0.259 bits per heavy atom. The van der Waals surface area contributed by atoms with Gasteiger partial charge in [0, 0.05) is 40.3 Å². The first-order valence-electron chi connectivity index (χ1n) is 18.5. The molecule has 0 aliphatic heterocycles. The molecule has 0 saturated heterocycles. The van der Waals surface area contributed by atoms with Crippen molar-refractivity contribution in [1.29, 1.82) is 0 Å². The first-order valence-corrected chi connectivity index (χ1v) is 20.1. The molecule has 0 unspecified atom stereocenters. The fourth-order valence-electron chi connectivity index (χ4n) is 8.99. The average molecular weight is 719 g/mol. The summed E-state index contributed by atoms with van der Waals surface area (Å²) in [6.45, 7) is 0. The number of hydrogen-bond acceptors (Lipinski definition) is 2. The van der Waals surface area contributed by atoms with E-state index in [0.717, 1.165) is 0 Å². The summed E-state index contributed by atoms with van der Waals surface area (Å²) in [5.41, 5.74) is 7.54. The maximum absolute atomic E-state index is 2.41. The molecule has 0 aliphatic carbocycles. The SMILES string of the molecule is c1cc(-c2ccc3c(c2)sc2c3ccc3sc4ccc5ccccc5c4c32)cc(-c2c3ccccc3c(-c3ccc4ccccc4c3)c3ccccc23)c1. The van der Waals surface area contributed by atoms with Crippen molar-refractivity contribution in [3.8, 4) is 33.4 Å². The van der Waals surface area contributed by atoms with Crippen LogP contribution in [-0.4, -0.2) is 0 Å². The van der Waals surface area contributed by atoms with Crippen LogP contribution in [0.3, 0.4) is 0 Å². The fraction of sp³-hybridized carbons (Fsp3) is 0. The summed E-state index contributed by atoms with van der Waals surface area (Å²) in [5, 5.41) is 15.7. The Bertz CT molecular complexity index is 3450. The van der Waals surface area contributed by atoms with Crippen LogP contribution < -0.4 is 0 Å². The molecule has 0 fully saturated rings. The standard InChI is InChI=1S/C52H30S2/c1-2-12-33-28-37(21-20-31(33)10-1)49-42-18-7-5-16-40(42)48(41-17-6-8-19-43(41)49)36-14-9-13-34(29-36)35-22-24-39-44-25-27-46-51(52(44)54-47(39)30-35)50-38-15-4-3-11-32(38)23-26-45(50)53-46/h1-30H. The van der Waals surface area contributed by atoms with Crippen molar-refractivity contribution < 1.29 is 0 Å². The molecule has 0 amide bonds. The van der Waals surface area contributed by atoms with Crippen LogP contribution in [0.15, 0.2) is 182 Å². The van der Waals surface area contributed by atoms with Gasteiger partial charge >= 0.3 is 0 Å². The van der Waals surface area contributed by atoms with Gasteiger partial charge in [0.25, 0.3) is 0 Å². The van der Waals surface area contributed by atoms with Gasteiger partial charge < -0.3 is 0 Å². The summed E-state index contributed by atoms with van der Waals surface area (Å²) in [7, 11) is 0. The van der Waals surface area contributed by atoms with Crippen molar-refractivity contribution in [3.63, 3.8) is 0 Å². The topological polar surface area (TPSA) is 0 Å². The van der Waals surface area contributed by atoms with E-state index in [2.05, 4.69) is 182 Å². The highest BCUT2D eigenvalue weighted by Gasteiger charge is 2.19. The second-order valence-electron chi connectivity index (χ2n) is 14.4. The zero-order valence-electron chi connectivity index (χ0n) is 29.1. The molecular formula is C52H30S2. The van der Waals surface area contributed by atoms with Gasteiger partial charge in [0.05, 0.1) is 0 Å². The second-order valence-corrected chi connectivity index (χ2v) is 16.5. The molecule has 0 radical (unpaired) electrons. The first kappa shape index (κ1) is 30.2. The summed E-state index contributed by atoms with van der Waals surface area (Å²) in [6, 6.07) is 67.8. The monoisotopic (exact) mass is 718 g/mol. The third-order valence-corrected chi connectivity index (χ3v) is 13.7. The fourth-order valence-corrected chi connectivity index (χ4v) is 11.5. The molecular weight excluding hydrogens is 689 g/mol. The van der Waals surface area contributed by atoms with Crippen molar-refractivity contribution >= 4 is 106 Å². The molecule has 2 heterocycles. The van der Waals surface area contributed by atoms with Gasteiger partial charge in [0.2, 0.25) is 0 Å². The Labute approximate surface area is 319 Å². The lowest BCUT2D eigenvalue weighted by Gasteiger charge is -2.18. The Hall–Kier alpha value is -6.32. The van der Waals surface area contributed by atoms with E-state index in [9.17, 15) is 0 Å². The molecule has 2 aromatic heterocycles. The molecule has 0 saturated carbocycles. The molecule has 0 aliphatic rings. The van der Waals surface area contributed by atoms with E-state index < -0.39 is 0 Å². The van der Waals surface area contributed by atoms with Crippen LogP contribution in [0.4, 0.5) is 0 Å². The van der Waals surface area contributed by atoms with Gasteiger partial charge in [-0.15, -0.1) is 22.7 Å². The van der Waals surface area contributed by atoms with E-state index in [1.807, 2.05) is 22.7 Å². The zero-order valence-corrected chi connectivity index (χ0v) is 30.8. The van der Waals surface area contributed by atoms with Crippen LogP contribution in [-0.2, 0) is 0 Å². The summed E-state index contributed by atoms with van der Waals surface area (Å²) >= 11 is 3.85. The highest BCUT2D eigenvalue weighted by molar-refractivity contribution is 7.30. The van der Waals surface area contributed by atoms with Gasteiger partial charge in [-0.3, -0.25) is 0 Å². The maximum atomic E-state index is 2.41. The quantitative estimate of drug-likeness (QED) is 0.160. The molecule has 0 spiro atoms. The van der Waals surface area contributed by atoms with Crippen molar-refractivity contribution in [2.45, 2.75) is 0 Å². The maximum Gasteiger partial charge on any atom is 0.0448 e. The van der Waals surface area contributed by atoms with E-state index in [1.54, 1.807) is 0 Å². The molecule has 0 nitrogen and oxygen atoms in total. The van der Waals surface area contributed by atoms with Crippen LogP contribution >= 0.6 is 22.7 Å². The molecule has 12 rings (SSSR count). The van der Waals surface area contributed by atoms with Gasteiger partial charge in [-0.2, -0.15) is 0 Å². The van der Waals surface area contributed by atoms with Crippen molar-refractivity contribution in [2.24, 2.45) is 0 Å². The highest BCUT2D eigenvalue weighted by Crippen LogP contribution is 2.48. The van der Waals surface area contributed by atoms with Crippen LogP contribution in [0, 0.1) is 0 Å². The number of fused-ring (bicyclic) bond motifs is 12. The third kappa shape index (κ3) is 4.42. The van der Waals surface area contributed by atoms with E-state index >= 15 is 0 Å². The molecule has 12 aromatic rings. The van der Waals surface area contributed by atoms with E-state index in [1.165, 1.54) is 117 Å². The van der Waals surface area contributed by atoms with E-state index in [-0.39, 0.29) is 0 Å². The number of thiophene rings is 2. The minimum Gasteiger partial charge on any atom is -0.135 e. The Balaban J connectivity index is 1.04. The lowest BCUT2D eigenvalue weighted by atomic mass is 9.85. The lowest BCUT2D eigenvalue weighted by Crippen LogP contribution is -1.91. The Morgan fingerprint density at radius 2 is 0.796 bits per heavy atom. The smallest absolute Gasteiger partial charge is 0.0448 e. The second kappa shape index (κ2) is 11.6. The minimum absolute atomic E-state index is 1.23. The Kier molecular flexibility index (Phi) is 6.48. The first-order chi connectivity index (χ1) is 26.8. The van der Waals surface area contributed by atoms with Gasteiger partial charge in [-0.25, -0.2) is 0 Å². The molecule has 0 atom stereocenters. The predicted octanol–water partition coefficient (Wildman–Crippen LogP) is 16.0. The van der Waals surface area contributed by atoms with Crippen LogP contribution in [0.1, 0.15) is 0 Å². The van der Waals surface area contributed by atoms with Crippen molar-refractivity contribution in [1.82, 2.24) is 0 Å². The van der Waals surface area contributed by atoms with Crippen LogP contribution in [0.5, 0.6) is 0 Å².